The van der Waals surface area contributed by atoms with Crippen molar-refractivity contribution in [2.75, 3.05) is 13.1 Å². The second-order valence-electron chi connectivity index (χ2n) is 6.92. The van der Waals surface area contributed by atoms with E-state index in [1.54, 1.807) is 0 Å². The lowest BCUT2D eigenvalue weighted by Gasteiger charge is -2.33. The van der Waals surface area contributed by atoms with E-state index in [1.807, 2.05) is 30.5 Å². The summed E-state index contributed by atoms with van der Waals surface area (Å²) in [5.41, 5.74) is 7.08. The normalized spacial score (nSPS) is 18.9. The highest BCUT2D eigenvalue weighted by Gasteiger charge is 2.25. The number of likely N-dealkylation sites (tertiary alicyclic amines) is 1. The van der Waals surface area contributed by atoms with Gasteiger partial charge in [-0.15, -0.1) is 0 Å². The van der Waals surface area contributed by atoms with Crippen LogP contribution in [0.25, 0.3) is 0 Å². The molecule has 0 radical (unpaired) electrons. The van der Waals surface area contributed by atoms with E-state index >= 15 is 0 Å². The zero-order valence-electron chi connectivity index (χ0n) is 14.5. The van der Waals surface area contributed by atoms with Crippen molar-refractivity contribution in [1.82, 2.24) is 14.5 Å². The molecule has 2 heterocycles. The molecule has 1 aromatic carbocycles. The Balaban J connectivity index is 1.67. The van der Waals surface area contributed by atoms with Crippen molar-refractivity contribution in [3.8, 4) is 0 Å². The molecule has 0 aliphatic carbocycles. The van der Waals surface area contributed by atoms with Gasteiger partial charge in [0.05, 0.1) is 0 Å². The Labute approximate surface area is 143 Å². The number of carbonyl (C=O) groups is 1. The first-order valence-electron chi connectivity index (χ1n) is 8.68. The van der Waals surface area contributed by atoms with Crippen molar-refractivity contribution >= 4 is 5.91 Å². The van der Waals surface area contributed by atoms with Crippen molar-refractivity contribution in [1.29, 1.82) is 0 Å². The van der Waals surface area contributed by atoms with Crippen molar-refractivity contribution in [2.24, 2.45) is 5.73 Å². The molecule has 2 N–H and O–H groups in total. The van der Waals surface area contributed by atoms with Crippen LogP contribution in [0.15, 0.2) is 36.7 Å². The predicted molar refractivity (Wildman–Crippen MR) is 94.8 cm³/mol. The zero-order chi connectivity index (χ0) is 17.1. The number of nitrogens with zero attached hydrogens (tertiary/aromatic N) is 3. The highest BCUT2D eigenvalue weighted by atomic mass is 16.1. The lowest BCUT2D eigenvalue weighted by Crippen LogP contribution is -2.35. The summed E-state index contributed by atoms with van der Waals surface area (Å²) < 4.78 is 2.29. The van der Waals surface area contributed by atoms with Gasteiger partial charge >= 0.3 is 0 Å². The number of hydrogen-bond donors (Lipinski definition) is 1. The number of piperidine rings is 1. The van der Waals surface area contributed by atoms with Crippen LogP contribution < -0.4 is 5.73 Å². The van der Waals surface area contributed by atoms with E-state index in [-0.39, 0.29) is 5.91 Å². The van der Waals surface area contributed by atoms with Crippen LogP contribution in [0.1, 0.15) is 60.4 Å². The predicted octanol–water partition coefficient (Wildman–Crippen LogP) is 2.94. The highest BCUT2D eigenvalue weighted by Crippen LogP contribution is 2.28. The number of aromatic nitrogens is 2. The minimum atomic E-state index is -0.375. The van der Waals surface area contributed by atoms with Gasteiger partial charge in [0.1, 0.15) is 5.82 Å². The quantitative estimate of drug-likeness (QED) is 0.919. The second-order valence-corrected chi connectivity index (χ2v) is 6.92. The third-order valence-corrected chi connectivity index (χ3v) is 4.77. The Morgan fingerprint density at radius 3 is 2.75 bits per heavy atom. The molecule has 1 saturated heterocycles. The number of primary amides is 1. The molecular weight excluding hydrogens is 300 g/mol. The Morgan fingerprint density at radius 2 is 2.08 bits per heavy atom. The van der Waals surface area contributed by atoms with Crippen LogP contribution in [0.4, 0.5) is 0 Å². The van der Waals surface area contributed by atoms with Gasteiger partial charge in [-0.05, 0) is 50.9 Å². The molecule has 2 aromatic rings. The molecule has 0 saturated carbocycles. The van der Waals surface area contributed by atoms with Crippen molar-refractivity contribution in [3.63, 3.8) is 0 Å². The SMILES string of the molecule is CC(C)n1ccnc1C1CCCN(Cc2ccc(C(N)=O)cc2)C1. The lowest BCUT2D eigenvalue weighted by atomic mass is 9.96. The maximum Gasteiger partial charge on any atom is 0.248 e. The lowest BCUT2D eigenvalue weighted by molar-refractivity contribution is 0.100. The van der Waals surface area contributed by atoms with Gasteiger partial charge < -0.3 is 10.3 Å². The van der Waals surface area contributed by atoms with Gasteiger partial charge in [-0.3, -0.25) is 9.69 Å². The van der Waals surface area contributed by atoms with E-state index in [4.69, 9.17) is 5.73 Å². The van der Waals surface area contributed by atoms with Gasteiger partial charge in [-0.25, -0.2) is 4.98 Å². The fourth-order valence-electron chi connectivity index (χ4n) is 3.52. The molecule has 1 fully saturated rings. The van der Waals surface area contributed by atoms with E-state index in [0.29, 0.717) is 17.5 Å². The minimum absolute atomic E-state index is 0.375. The van der Waals surface area contributed by atoms with Crippen LogP contribution in [0.5, 0.6) is 0 Å². The van der Waals surface area contributed by atoms with Gasteiger partial charge in [-0.2, -0.15) is 0 Å². The molecule has 24 heavy (non-hydrogen) atoms. The molecule has 0 spiro atoms. The van der Waals surface area contributed by atoms with E-state index in [0.717, 1.165) is 19.6 Å². The summed E-state index contributed by atoms with van der Waals surface area (Å²) in [5.74, 6) is 1.32. The molecule has 1 aliphatic heterocycles. The first kappa shape index (κ1) is 16.7. The molecule has 5 heteroatoms. The van der Waals surface area contributed by atoms with Crippen LogP contribution in [-0.4, -0.2) is 33.4 Å². The summed E-state index contributed by atoms with van der Waals surface area (Å²) in [5, 5.41) is 0. The van der Waals surface area contributed by atoms with Gasteiger partial charge in [0.2, 0.25) is 5.91 Å². The van der Waals surface area contributed by atoms with Gasteiger partial charge in [0, 0.05) is 43.0 Å². The first-order chi connectivity index (χ1) is 11.5. The van der Waals surface area contributed by atoms with E-state index in [9.17, 15) is 4.79 Å². The minimum Gasteiger partial charge on any atom is -0.366 e. The smallest absolute Gasteiger partial charge is 0.248 e. The van der Waals surface area contributed by atoms with Crippen molar-refractivity contribution < 1.29 is 4.79 Å². The number of benzene rings is 1. The van der Waals surface area contributed by atoms with Crippen LogP contribution in [0.3, 0.4) is 0 Å². The van der Waals surface area contributed by atoms with Gasteiger partial charge in [0.25, 0.3) is 0 Å². The van der Waals surface area contributed by atoms with Crippen LogP contribution in [0, 0.1) is 0 Å². The summed E-state index contributed by atoms with van der Waals surface area (Å²) >= 11 is 0. The molecule has 3 rings (SSSR count). The molecule has 5 nitrogen and oxygen atoms in total. The number of carbonyl (C=O) groups excluding carboxylic acids is 1. The third-order valence-electron chi connectivity index (χ3n) is 4.77. The second kappa shape index (κ2) is 7.18. The van der Waals surface area contributed by atoms with Crippen LogP contribution in [-0.2, 0) is 6.54 Å². The monoisotopic (exact) mass is 326 g/mol. The van der Waals surface area contributed by atoms with Crippen molar-refractivity contribution in [2.45, 2.75) is 45.2 Å². The van der Waals surface area contributed by atoms with Gasteiger partial charge in [-0.1, -0.05) is 12.1 Å². The fraction of sp³-hybridized carbons (Fsp3) is 0.474. The summed E-state index contributed by atoms with van der Waals surface area (Å²) in [6.07, 6.45) is 6.38. The fourth-order valence-corrected chi connectivity index (χ4v) is 3.52. The van der Waals surface area contributed by atoms with Crippen LogP contribution in [0.2, 0.25) is 0 Å². The molecular formula is C19H26N4O. The highest BCUT2D eigenvalue weighted by molar-refractivity contribution is 5.92. The first-order valence-corrected chi connectivity index (χ1v) is 8.68. The molecule has 1 atom stereocenters. The van der Waals surface area contributed by atoms with Crippen molar-refractivity contribution in [3.05, 3.63) is 53.6 Å². The number of amides is 1. The topological polar surface area (TPSA) is 64.2 Å². The average Bonchev–Trinajstić information content (AvgIpc) is 3.05. The summed E-state index contributed by atoms with van der Waals surface area (Å²) in [4.78, 5) is 18.3. The number of imidazole rings is 1. The number of rotatable bonds is 5. The largest absolute Gasteiger partial charge is 0.366 e. The van der Waals surface area contributed by atoms with E-state index in [1.165, 1.54) is 24.2 Å². The summed E-state index contributed by atoms with van der Waals surface area (Å²) in [6.45, 7) is 7.44. The summed E-state index contributed by atoms with van der Waals surface area (Å²) in [7, 11) is 0. The maximum absolute atomic E-state index is 11.2. The molecule has 0 bridgehead atoms. The molecule has 128 valence electrons. The third kappa shape index (κ3) is 3.67. The van der Waals surface area contributed by atoms with E-state index < -0.39 is 0 Å². The van der Waals surface area contributed by atoms with E-state index in [2.05, 4.69) is 34.5 Å². The molecule has 1 amide bonds. The van der Waals surface area contributed by atoms with Crippen LogP contribution >= 0.6 is 0 Å². The number of hydrogen-bond acceptors (Lipinski definition) is 3. The molecule has 1 unspecified atom stereocenters. The summed E-state index contributed by atoms with van der Waals surface area (Å²) in [6, 6.07) is 8.06. The standard InChI is InChI=1S/C19H26N4O/c1-14(2)23-11-9-21-19(23)17-4-3-10-22(13-17)12-15-5-7-16(8-6-15)18(20)24/h5-9,11,14,17H,3-4,10,12-13H2,1-2H3,(H2,20,24). The zero-order valence-corrected chi connectivity index (χ0v) is 14.5. The molecule has 1 aliphatic rings. The number of nitrogens with two attached hydrogens (primary N) is 1. The Bertz CT molecular complexity index is 690. The van der Waals surface area contributed by atoms with Gasteiger partial charge in [0.15, 0.2) is 0 Å². The Hall–Kier alpha value is -2.14. The molecule has 1 aromatic heterocycles. The Kier molecular flexibility index (Phi) is 5.00. The average molecular weight is 326 g/mol. The maximum atomic E-state index is 11.2. The Morgan fingerprint density at radius 1 is 1.33 bits per heavy atom.